The molecule has 4 heteroatoms. The maximum Gasteiger partial charge on any atom is 0.123 e. The molecule has 0 saturated heterocycles. The Hall–Kier alpha value is -1.65. The molecule has 2 rings (SSSR count). The molecule has 0 atom stereocenters. The van der Waals surface area contributed by atoms with Crippen LogP contribution >= 0.6 is 0 Å². The minimum atomic E-state index is -0.238. The first-order valence-corrected chi connectivity index (χ1v) is 6.45. The van der Waals surface area contributed by atoms with Crippen LogP contribution in [-0.2, 0) is 19.6 Å². The van der Waals surface area contributed by atoms with Gasteiger partial charge in [-0.2, -0.15) is 0 Å². The minimum Gasteiger partial charge on any atom is -0.468 e. The molecule has 3 nitrogen and oxygen atoms in total. The summed E-state index contributed by atoms with van der Waals surface area (Å²) in [6.07, 6.45) is 1.67. The van der Waals surface area contributed by atoms with Crippen molar-refractivity contribution in [2.24, 2.45) is 5.73 Å². The van der Waals surface area contributed by atoms with Gasteiger partial charge in [-0.25, -0.2) is 4.39 Å². The monoisotopic (exact) mass is 262 g/mol. The summed E-state index contributed by atoms with van der Waals surface area (Å²) in [6, 6.07) is 8.64. The molecule has 0 aliphatic rings. The lowest BCUT2D eigenvalue weighted by molar-refractivity contribution is 0.247. The van der Waals surface area contributed by atoms with Crippen LogP contribution in [0.25, 0.3) is 0 Å². The standard InChI is InChI=1S/C15H19FN2O/c1-2-18(11-15-4-3-7-19-15)10-12-5-6-14(16)8-13(12)9-17/h3-8H,2,9-11,17H2,1H3. The summed E-state index contributed by atoms with van der Waals surface area (Å²) in [5.74, 6) is 0.691. The third-order valence-electron chi connectivity index (χ3n) is 3.19. The summed E-state index contributed by atoms with van der Waals surface area (Å²) in [6.45, 7) is 4.82. The average molecular weight is 262 g/mol. The Balaban J connectivity index is 2.09. The minimum absolute atomic E-state index is 0.238. The van der Waals surface area contributed by atoms with Crippen molar-refractivity contribution < 1.29 is 8.81 Å². The molecule has 0 aliphatic heterocycles. The van der Waals surface area contributed by atoms with E-state index in [4.69, 9.17) is 10.2 Å². The quantitative estimate of drug-likeness (QED) is 0.870. The molecule has 0 amide bonds. The van der Waals surface area contributed by atoms with Gasteiger partial charge in [0.25, 0.3) is 0 Å². The second-order valence-corrected chi connectivity index (χ2v) is 4.50. The van der Waals surface area contributed by atoms with Crippen LogP contribution in [0.4, 0.5) is 4.39 Å². The van der Waals surface area contributed by atoms with Crippen molar-refractivity contribution in [3.63, 3.8) is 0 Å². The number of benzene rings is 1. The van der Waals surface area contributed by atoms with Crippen LogP contribution in [0.5, 0.6) is 0 Å². The molecule has 19 heavy (non-hydrogen) atoms. The first-order valence-electron chi connectivity index (χ1n) is 6.45. The van der Waals surface area contributed by atoms with Crippen molar-refractivity contribution in [1.29, 1.82) is 0 Å². The van der Waals surface area contributed by atoms with Crippen LogP contribution in [0, 0.1) is 5.82 Å². The zero-order valence-corrected chi connectivity index (χ0v) is 11.1. The summed E-state index contributed by atoms with van der Waals surface area (Å²) in [7, 11) is 0. The van der Waals surface area contributed by atoms with E-state index in [1.807, 2.05) is 18.2 Å². The zero-order chi connectivity index (χ0) is 13.7. The number of halogens is 1. The Morgan fingerprint density at radius 2 is 2.05 bits per heavy atom. The SMILES string of the molecule is CCN(Cc1ccco1)Cc1ccc(F)cc1CN. The summed E-state index contributed by atoms with van der Waals surface area (Å²) in [5, 5.41) is 0. The summed E-state index contributed by atoms with van der Waals surface area (Å²) in [4.78, 5) is 2.23. The number of rotatable bonds is 6. The molecule has 0 saturated carbocycles. The van der Waals surface area contributed by atoms with E-state index in [2.05, 4.69) is 11.8 Å². The second kappa shape index (κ2) is 6.50. The predicted octanol–water partition coefficient (Wildman–Crippen LogP) is 2.90. The Labute approximate surface area is 112 Å². The Kier molecular flexibility index (Phi) is 4.71. The summed E-state index contributed by atoms with van der Waals surface area (Å²) >= 11 is 0. The van der Waals surface area contributed by atoms with Crippen molar-refractivity contribution in [3.05, 3.63) is 59.3 Å². The molecular weight excluding hydrogens is 243 g/mol. The molecule has 2 aromatic rings. The fourth-order valence-corrected chi connectivity index (χ4v) is 2.08. The first kappa shape index (κ1) is 13.8. The van der Waals surface area contributed by atoms with Gasteiger partial charge in [-0.3, -0.25) is 4.90 Å². The van der Waals surface area contributed by atoms with E-state index in [1.54, 1.807) is 6.26 Å². The second-order valence-electron chi connectivity index (χ2n) is 4.50. The van der Waals surface area contributed by atoms with Gasteiger partial charge in [0.1, 0.15) is 11.6 Å². The molecule has 2 N–H and O–H groups in total. The molecule has 0 fully saturated rings. The largest absolute Gasteiger partial charge is 0.468 e. The van der Waals surface area contributed by atoms with Gasteiger partial charge in [-0.15, -0.1) is 0 Å². The Morgan fingerprint density at radius 3 is 2.68 bits per heavy atom. The van der Waals surface area contributed by atoms with Crippen molar-refractivity contribution in [3.8, 4) is 0 Å². The maximum atomic E-state index is 13.2. The van der Waals surface area contributed by atoms with Gasteiger partial charge < -0.3 is 10.2 Å². The molecule has 0 unspecified atom stereocenters. The third kappa shape index (κ3) is 3.66. The van der Waals surface area contributed by atoms with E-state index in [9.17, 15) is 4.39 Å². The first-order chi connectivity index (χ1) is 9.22. The van der Waals surface area contributed by atoms with Crippen molar-refractivity contribution in [2.75, 3.05) is 6.54 Å². The van der Waals surface area contributed by atoms with Crippen LogP contribution in [0.15, 0.2) is 41.0 Å². The molecule has 0 bridgehead atoms. The van der Waals surface area contributed by atoms with Gasteiger partial charge >= 0.3 is 0 Å². The highest BCUT2D eigenvalue weighted by molar-refractivity contribution is 5.27. The molecule has 1 aromatic heterocycles. The molecule has 0 aliphatic carbocycles. The highest BCUT2D eigenvalue weighted by Crippen LogP contribution is 2.15. The van der Waals surface area contributed by atoms with Gasteiger partial charge in [0.15, 0.2) is 0 Å². The molecule has 0 radical (unpaired) electrons. The fraction of sp³-hybridized carbons (Fsp3) is 0.333. The summed E-state index contributed by atoms with van der Waals surface area (Å²) < 4.78 is 18.5. The van der Waals surface area contributed by atoms with Gasteiger partial charge in [0.05, 0.1) is 12.8 Å². The van der Waals surface area contributed by atoms with E-state index in [1.165, 1.54) is 12.1 Å². The van der Waals surface area contributed by atoms with Gasteiger partial charge in [-0.1, -0.05) is 13.0 Å². The Morgan fingerprint density at radius 1 is 1.21 bits per heavy atom. The Bertz CT molecular complexity index is 511. The van der Waals surface area contributed by atoms with E-state index in [0.717, 1.165) is 36.5 Å². The zero-order valence-electron chi connectivity index (χ0n) is 11.1. The third-order valence-corrected chi connectivity index (χ3v) is 3.19. The highest BCUT2D eigenvalue weighted by atomic mass is 19.1. The van der Waals surface area contributed by atoms with E-state index in [-0.39, 0.29) is 5.82 Å². The fourth-order valence-electron chi connectivity index (χ4n) is 2.08. The number of hydrogen-bond donors (Lipinski definition) is 1. The lowest BCUT2D eigenvalue weighted by Gasteiger charge is -2.20. The lowest BCUT2D eigenvalue weighted by Crippen LogP contribution is -2.23. The maximum absolute atomic E-state index is 13.2. The van der Waals surface area contributed by atoms with Crippen molar-refractivity contribution in [2.45, 2.75) is 26.6 Å². The van der Waals surface area contributed by atoms with Crippen LogP contribution in [0.2, 0.25) is 0 Å². The van der Waals surface area contributed by atoms with E-state index in [0.29, 0.717) is 6.54 Å². The smallest absolute Gasteiger partial charge is 0.123 e. The number of furan rings is 1. The molecule has 0 spiro atoms. The van der Waals surface area contributed by atoms with Crippen molar-refractivity contribution >= 4 is 0 Å². The van der Waals surface area contributed by atoms with Crippen LogP contribution in [0.1, 0.15) is 23.8 Å². The van der Waals surface area contributed by atoms with Crippen LogP contribution < -0.4 is 5.73 Å². The van der Waals surface area contributed by atoms with Gasteiger partial charge in [0, 0.05) is 13.1 Å². The summed E-state index contributed by atoms with van der Waals surface area (Å²) in [5.41, 5.74) is 7.60. The average Bonchev–Trinajstić information content (AvgIpc) is 2.92. The van der Waals surface area contributed by atoms with Gasteiger partial charge in [0.2, 0.25) is 0 Å². The van der Waals surface area contributed by atoms with Crippen molar-refractivity contribution in [1.82, 2.24) is 4.90 Å². The van der Waals surface area contributed by atoms with E-state index < -0.39 is 0 Å². The highest BCUT2D eigenvalue weighted by Gasteiger charge is 2.10. The van der Waals surface area contributed by atoms with Crippen LogP contribution in [-0.4, -0.2) is 11.4 Å². The lowest BCUT2D eigenvalue weighted by atomic mass is 10.1. The normalized spacial score (nSPS) is 11.2. The molecular formula is C15H19FN2O. The topological polar surface area (TPSA) is 42.4 Å². The van der Waals surface area contributed by atoms with Gasteiger partial charge in [-0.05, 0) is 41.9 Å². The van der Waals surface area contributed by atoms with Crippen LogP contribution in [0.3, 0.4) is 0 Å². The number of nitrogens with two attached hydrogens (primary N) is 1. The molecule has 1 heterocycles. The number of nitrogens with zero attached hydrogens (tertiary/aromatic N) is 1. The molecule has 1 aromatic carbocycles. The predicted molar refractivity (Wildman–Crippen MR) is 72.8 cm³/mol. The number of hydrogen-bond acceptors (Lipinski definition) is 3. The molecule has 102 valence electrons. The van der Waals surface area contributed by atoms with E-state index >= 15 is 0 Å².